The van der Waals surface area contributed by atoms with Crippen LogP contribution in [0.4, 0.5) is 5.82 Å². The third-order valence-corrected chi connectivity index (χ3v) is 2.72. The second-order valence-electron chi connectivity index (χ2n) is 4.28. The first-order valence-electron chi connectivity index (χ1n) is 6.20. The van der Waals surface area contributed by atoms with E-state index in [0.717, 1.165) is 17.5 Å². The van der Waals surface area contributed by atoms with Gasteiger partial charge in [-0.3, -0.25) is 9.89 Å². The van der Waals surface area contributed by atoms with Crippen LogP contribution in [0.1, 0.15) is 18.1 Å². The van der Waals surface area contributed by atoms with Crippen molar-refractivity contribution in [2.75, 3.05) is 11.9 Å². The number of carbonyl (C=O) groups excluding carboxylic acids is 1. The number of nitrogens with zero attached hydrogens (tertiary/aromatic N) is 1. The van der Waals surface area contributed by atoms with E-state index in [1.54, 1.807) is 6.20 Å². The number of carbonyl (C=O) groups is 1. The number of nitrogens with one attached hydrogen (secondary N) is 2. The number of benzene rings is 1. The molecule has 0 aliphatic carbocycles. The van der Waals surface area contributed by atoms with Gasteiger partial charge in [-0.25, -0.2) is 0 Å². The number of anilines is 1. The first-order chi connectivity index (χ1) is 9.19. The van der Waals surface area contributed by atoms with Crippen molar-refractivity contribution < 1.29 is 9.53 Å². The molecule has 0 unspecified atom stereocenters. The van der Waals surface area contributed by atoms with E-state index in [1.807, 2.05) is 38.1 Å². The molecule has 1 heterocycles. The molecule has 2 aromatic rings. The van der Waals surface area contributed by atoms with Crippen LogP contribution in [0, 0.1) is 6.92 Å². The standard InChI is InChI=1S/C14H17N3O2/c1-3-11-8-15-17-14(11)16-13(18)9-19-12-6-4-5-10(2)7-12/h4-8H,3,9H2,1-2H3,(H2,15,16,17,18). The maximum Gasteiger partial charge on any atom is 0.263 e. The summed E-state index contributed by atoms with van der Waals surface area (Å²) in [6, 6.07) is 7.59. The van der Waals surface area contributed by atoms with Crippen LogP contribution in [0.5, 0.6) is 5.75 Å². The summed E-state index contributed by atoms with van der Waals surface area (Å²) in [5.74, 6) is 1.12. The highest BCUT2D eigenvalue weighted by Gasteiger charge is 2.08. The summed E-state index contributed by atoms with van der Waals surface area (Å²) in [6.45, 7) is 3.96. The van der Waals surface area contributed by atoms with Gasteiger partial charge in [-0.15, -0.1) is 0 Å². The van der Waals surface area contributed by atoms with Crippen molar-refractivity contribution in [1.29, 1.82) is 0 Å². The minimum atomic E-state index is -0.208. The molecule has 5 nitrogen and oxygen atoms in total. The molecule has 1 aromatic heterocycles. The van der Waals surface area contributed by atoms with Crippen LogP contribution in [-0.2, 0) is 11.2 Å². The molecule has 0 atom stereocenters. The Bertz CT molecular complexity index is 563. The van der Waals surface area contributed by atoms with Crippen molar-refractivity contribution in [2.24, 2.45) is 0 Å². The normalized spacial score (nSPS) is 10.2. The lowest BCUT2D eigenvalue weighted by Crippen LogP contribution is -2.21. The number of aromatic nitrogens is 2. The fourth-order valence-corrected chi connectivity index (χ4v) is 1.72. The van der Waals surface area contributed by atoms with Crippen LogP contribution in [0.2, 0.25) is 0 Å². The maximum absolute atomic E-state index is 11.8. The number of amides is 1. The lowest BCUT2D eigenvalue weighted by Gasteiger charge is -2.07. The summed E-state index contributed by atoms with van der Waals surface area (Å²) in [6.07, 6.45) is 2.52. The van der Waals surface area contributed by atoms with Gasteiger partial charge in [0.05, 0.1) is 6.20 Å². The Morgan fingerprint density at radius 2 is 2.32 bits per heavy atom. The van der Waals surface area contributed by atoms with E-state index in [4.69, 9.17) is 4.74 Å². The van der Waals surface area contributed by atoms with Crippen molar-refractivity contribution >= 4 is 11.7 Å². The van der Waals surface area contributed by atoms with Gasteiger partial charge >= 0.3 is 0 Å². The number of hydrogen-bond donors (Lipinski definition) is 2. The Kier molecular flexibility index (Phi) is 4.18. The van der Waals surface area contributed by atoms with Crippen molar-refractivity contribution in [2.45, 2.75) is 20.3 Å². The molecule has 0 saturated heterocycles. The summed E-state index contributed by atoms with van der Waals surface area (Å²) in [4.78, 5) is 11.8. The first-order valence-corrected chi connectivity index (χ1v) is 6.20. The summed E-state index contributed by atoms with van der Waals surface area (Å²) in [5, 5.41) is 9.40. The predicted molar refractivity (Wildman–Crippen MR) is 73.3 cm³/mol. The molecular formula is C14H17N3O2. The summed E-state index contributed by atoms with van der Waals surface area (Å²) >= 11 is 0. The molecule has 0 spiro atoms. The van der Waals surface area contributed by atoms with E-state index in [2.05, 4.69) is 15.5 Å². The van der Waals surface area contributed by atoms with Crippen LogP contribution in [0.3, 0.4) is 0 Å². The fourth-order valence-electron chi connectivity index (χ4n) is 1.72. The highest BCUT2D eigenvalue weighted by molar-refractivity contribution is 5.91. The fraction of sp³-hybridized carbons (Fsp3) is 0.286. The number of H-pyrrole nitrogens is 1. The third kappa shape index (κ3) is 3.58. The Hall–Kier alpha value is -2.30. The zero-order valence-electron chi connectivity index (χ0n) is 11.1. The Morgan fingerprint density at radius 1 is 1.47 bits per heavy atom. The molecule has 1 aromatic carbocycles. The predicted octanol–water partition coefficient (Wildman–Crippen LogP) is 2.30. The quantitative estimate of drug-likeness (QED) is 0.865. The van der Waals surface area contributed by atoms with E-state index >= 15 is 0 Å². The molecule has 0 aliphatic heterocycles. The average molecular weight is 259 g/mol. The zero-order chi connectivity index (χ0) is 13.7. The highest BCUT2D eigenvalue weighted by Crippen LogP contribution is 2.13. The van der Waals surface area contributed by atoms with E-state index in [1.165, 1.54) is 0 Å². The number of hydrogen-bond acceptors (Lipinski definition) is 3. The van der Waals surface area contributed by atoms with Crippen LogP contribution in [0.15, 0.2) is 30.5 Å². The Balaban J connectivity index is 1.88. The third-order valence-electron chi connectivity index (χ3n) is 2.72. The van der Waals surface area contributed by atoms with Gasteiger partial charge in [-0.1, -0.05) is 19.1 Å². The monoisotopic (exact) mass is 259 g/mol. The Morgan fingerprint density at radius 3 is 3.05 bits per heavy atom. The molecule has 0 fully saturated rings. The van der Waals surface area contributed by atoms with Gasteiger partial charge in [0.1, 0.15) is 11.6 Å². The van der Waals surface area contributed by atoms with Crippen LogP contribution in [0.25, 0.3) is 0 Å². The Labute approximate surface area is 112 Å². The van der Waals surface area contributed by atoms with Crippen molar-refractivity contribution in [3.8, 4) is 5.75 Å². The molecular weight excluding hydrogens is 242 g/mol. The van der Waals surface area contributed by atoms with Gasteiger partial charge in [-0.2, -0.15) is 5.10 Å². The van der Waals surface area contributed by atoms with Crippen LogP contribution in [-0.4, -0.2) is 22.7 Å². The van der Waals surface area contributed by atoms with Gasteiger partial charge in [0.2, 0.25) is 0 Å². The topological polar surface area (TPSA) is 67.0 Å². The van der Waals surface area contributed by atoms with Gasteiger partial charge in [0, 0.05) is 5.56 Å². The zero-order valence-corrected chi connectivity index (χ0v) is 11.1. The largest absolute Gasteiger partial charge is 0.484 e. The second-order valence-corrected chi connectivity index (χ2v) is 4.28. The minimum absolute atomic E-state index is 0.0222. The van der Waals surface area contributed by atoms with E-state index in [9.17, 15) is 4.79 Å². The summed E-state index contributed by atoms with van der Waals surface area (Å²) < 4.78 is 5.42. The van der Waals surface area contributed by atoms with E-state index < -0.39 is 0 Å². The number of aryl methyl sites for hydroxylation is 2. The number of rotatable bonds is 5. The van der Waals surface area contributed by atoms with Gasteiger partial charge in [0.25, 0.3) is 5.91 Å². The minimum Gasteiger partial charge on any atom is -0.484 e. The lowest BCUT2D eigenvalue weighted by atomic mass is 10.2. The lowest BCUT2D eigenvalue weighted by molar-refractivity contribution is -0.118. The van der Waals surface area contributed by atoms with Crippen LogP contribution < -0.4 is 10.1 Å². The molecule has 1 amide bonds. The van der Waals surface area contributed by atoms with Crippen LogP contribution >= 0.6 is 0 Å². The van der Waals surface area contributed by atoms with E-state index in [0.29, 0.717) is 11.6 Å². The molecule has 0 bridgehead atoms. The van der Waals surface area contributed by atoms with Crippen molar-refractivity contribution in [1.82, 2.24) is 10.2 Å². The number of aromatic amines is 1. The molecule has 2 N–H and O–H groups in total. The maximum atomic E-state index is 11.8. The van der Waals surface area contributed by atoms with Gasteiger partial charge in [0.15, 0.2) is 6.61 Å². The first kappa shape index (κ1) is 13.1. The SMILES string of the molecule is CCc1cn[nH]c1NC(=O)COc1cccc(C)c1. The molecule has 19 heavy (non-hydrogen) atoms. The molecule has 0 aliphatic rings. The molecule has 2 rings (SSSR count). The highest BCUT2D eigenvalue weighted by atomic mass is 16.5. The second kappa shape index (κ2) is 6.04. The summed E-state index contributed by atoms with van der Waals surface area (Å²) in [5.41, 5.74) is 2.07. The van der Waals surface area contributed by atoms with E-state index in [-0.39, 0.29) is 12.5 Å². The van der Waals surface area contributed by atoms with Crippen molar-refractivity contribution in [3.05, 3.63) is 41.6 Å². The summed E-state index contributed by atoms with van der Waals surface area (Å²) in [7, 11) is 0. The molecule has 5 heteroatoms. The van der Waals surface area contributed by atoms with Gasteiger partial charge < -0.3 is 10.1 Å². The molecule has 100 valence electrons. The smallest absolute Gasteiger partial charge is 0.263 e. The number of ether oxygens (including phenoxy) is 1. The molecule has 0 saturated carbocycles. The van der Waals surface area contributed by atoms with Crippen molar-refractivity contribution in [3.63, 3.8) is 0 Å². The molecule has 0 radical (unpaired) electrons. The average Bonchev–Trinajstić information content (AvgIpc) is 2.84. The van der Waals surface area contributed by atoms with Gasteiger partial charge in [-0.05, 0) is 31.0 Å².